The van der Waals surface area contributed by atoms with Gasteiger partial charge in [0.2, 0.25) is 5.91 Å². The fourth-order valence-electron chi connectivity index (χ4n) is 2.78. The lowest BCUT2D eigenvalue weighted by Crippen LogP contribution is -2.15. The van der Waals surface area contributed by atoms with E-state index in [2.05, 4.69) is 15.5 Å². The Balaban J connectivity index is 1.86. The van der Waals surface area contributed by atoms with Crippen molar-refractivity contribution in [1.29, 1.82) is 0 Å². The van der Waals surface area contributed by atoms with E-state index in [1.807, 2.05) is 42.5 Å². The number of carbonyl (C=O) groups is 1. The third-order valence-corrected chi connectivity index (χ3v) is 4.44. The quantitative estimate of drug-likeness (QED) is 0.642. The number of anilines is 1. The monoisotopic (exact) mass is 385 g/mol. The third kappa shape index (κ3) is 4.48. The maximum atomic E-state index is 12.5. The summed E-state index contributed by atoms with van der Waals surface area (Å²) in [6.07, 6.45) is 0.161. The third-order valence-electron chi connectivity index (χ3n) is 4.08. The molecule has 0 bridgehead atoms. The number of amides is 1. The average molecular weight is 386 g/mol. The molecule has 2 N–H and O–H groups in total. The fraction of sp³-hybridized carbons (Fsp3) is 0.200. The fourth-order valence-corrected chi connectivity index (χ4v) is 2.98. The molecule has 0 unspecified atom stereocenters. The van der Waals surface area contributed by atoms with Crippen LogP contribution >= 0.6 is 11.6 Å². The maximum Gasteiger partial charge on any atom is 0.230 e. The van der Waals surface area contributed by atoms with Crippen molar-refractivity contribution in [3.63, 3.8) is 0 Å². The number of nitrogens with zero attached hydrogens (tertiary/aromatic N) is 1. The average Bonchev–Trinajstić information content (AvgIpc) is 3.06. The van der Waals surface area contributed by atoms with Crippen molar-refractivity contribution in [2.75, 3.05) is 19.5 Å². The van der Waals surface area contributed by atoms with Crippen molar-refractivity contribution in [3.05, 3.63) is 64.8 Å². The Morgan fingerprint density at radius 2 is 1.89 bits per heavy atom. The molecule has 2 aromatic carbocycles. The normalized spacial score (nSPS) is 10.6. The Kier molecular flexibility index (Phi) is 6.11. The van der Waals surface area contributed by atoms with Crippen LogP contribution in [0.15, 0.2) is 48.5 Å². The number of benzene rings is 2. The molecule has 27 heavy (non-hydrogen) atoms. The summed E-state index contributed by atoms with van der Waals surface area (Å²) in [5, 5.41) is 10.6. The topological polar surface area (TPSA) is 76.2 Å². The predicted octanol–water partition coefficient (Wildman–Crippen LogP) is 4.07. The van der Waals surface area contributed by atoms with Gasteiger partial charge in [0.05, 0.1) is 25.8 Å². The lowest BCUT2D eigenvalue weighted by molar-refractivity contribution is -0.115. The van der Waals surface area contributed by atoms with Crippen molar-refractivity contribution in [3.8, 4) is 16.9 Å². The molecule has 3 aromatic rings. The van der Waals surface area contributed by atoms with Crippen LogP contribution in [-0.2, 0) is 22.6 Å². The minimum Gasteiger partial charge on any atom is -0.497 e. The molecule has 3 rings (SSSR count). The first-order chi connectivity index (χ1) is 13.1. The highest BCUT2D eigenvalue weighted by Gasteiger charge is 2.18. The van der Waals surface area contributed by atoms with Crippen molar-refractivity contribution >= 4 is 23.3 Å². The zero-order chi connectivity index (χ0) is 19.2. The van der Waals surface area contributed by atoms with Gasteiger partial charge in [-0.3, -0.25) is 9.89 Å². The van der Waals surface area contributed by atoms with E-state index >= 15 is 0 Å². The number of nitrogens with one attached hydrogen (secondary N) is 2. The van der Waals surface area contributed by atoms with Crippen LogP contribution in [0.25, 0.3) is 11.1 Å². The van der Waals surface area contributed by atoms with Crippen molar-refractivity contribution < 1.29 is 14.3 Å². The zero-order valence-electron chi connectivity index (χ0n) is 15.1. The van der Waals surface area contributed by atoms with Crippen molar-refractivity contribution in [2.24, 2.45) is 0 Å². The van der Waals surface area contributed by atoms with Crippen LogP contribution in [0, 0.1) is 0 Å². The molecule has 0 saturated heterocycles. The van der Waals surface area contributed by atoms with Crippen LogP contribution in [-0.4, -0.2) is 30.3 Å². The van der Waals surface area contributed by atoms with Gasteiger partial charge in [-0.2, -0.15) is 5.10 Å². The Hall–Kier alpha value is -2.83. The highest BCUT2D eigenvalue weighted by molar-refractivity contribution is 6.31. The number of aromatic nitrogens is 2. The molecule has 0 fully saturated rings. The summed E-state index contributed by atoms with van der Waals surface area (Å²) in [7, 11) is 3.22. The molecule has 140 valence electrons. The van der Waals surface area contributed by atoms with E-state index in [4.69, 9.17) is 21.1 Å². The van der Waals surface area contributed by atoms with Gasteiger partial charge in [0.25, 0.3) is 0 Å². The van der Waals surface area contributed by atoms with Gasteiger partial charge in [0, 0.05) is 17.7 Å². The Morgan fingerprint density at radius 3 is 2.56 bits per heavy atom. The standard InChI is InChI=1S/C20H20ClN3O3/c1-26-12-17-19(13-7-9-15(27-2)10-8-13)20(24-23-17)22-18(25)11-14-5-3-4-6-16(14)21/h3-10H,11-12H2,1-2H3,(H2,22,23,24,25). The van der Waals surface area contributed by atoms with Gasteiger partial charge >= 0.3 is 0 Å². The SMILES string of the molecule is COCc1[nH]nc(NC(=O)Cc2ccccc2Cl)c1-c1ccc(OC)cc1. The minimum absolute atomic E-state index is 0.161. The number of H-pyrrole nitrogens is 1. The van der Waals surface area contributed by atoms with Crippen LogP contribution in [0.3, 0.4) is 0 Å². The molecule has 0 radical (unpaired) electrons. The molecule has 0 aliphatic rings. The first kappa shape index (κ1) is 18.9. The number of aromatic amines is 1. The molecular formula is C20H20ClN3O3. The van der Waals surface area contributed by atoms with Crippen LogP contribution in [0.5, 0.6) is 5.75 Å². The molecular weight excluding hydrogens is 366 g/mol. The summed E-state index contributed by atoms with van der Waals surface area (Å²) in [6, 6.07) is 14.8. The van der Waals surface area contributed by atoms with Gasteiger partial charge in [-0.1, -0.05) is 41.9 Å². The summed E-state index contributed by atoms with van der Waals surface area (Å²) in [6.45, 7) is 0.342. The lowest BCUT2D eigenvalue weighted by atomic mass is 10.0. The zero-order valence-corrected chi connectivity index (χ0v) is 15.8. The Labute approximate surface area is 162 Å². The van der Waals surface area contributed by atoms with E-state index < -0.39 is 0 Å². The Bertz CT molecular complexity index is 922. The van der Waals surface area contributed by atoms with Gasteiger partial charge in [0.1, 0.15) is 5.75 Å². The summed E-state index contributed by atoms with van der Waals surface area (Å²) in [5.41, 5.74) is 3.21. The van der Waals surface area contributed by atoms with Crippen LogP contribution < -0.4 is 10.1 Å². The van der Waals surface area contributed by atoms with Crippen LogP contribution in [0.4, 0.5) is 5.82 Å². The van der Waals surface area contributed by atoms with Gasteiger partial charge in [-0.15, -0.1) is 0 Å². The first-order valence-corrected chi connectivity index (χ1v) is 8.74. The maximum absolute atomic E-state index is 12.5. The van der Waals surface area contributed by atoms with E-state index in [0.717, 1.165) is 28.1 Å². The molecule has 0 spiro atoms. The number of hydrogen-bond donors (Lipinski definition) is 2. The largest absolute Gasteiger partial charge is 0.497 e. The summed E-state index contributed by atoms with van der Waals surface area (Å²) < 4.78 is 10.4. The first-order valence-electron chi connectivity index (χ1n) is 8.36. The number of carbonyl (C=O) groups excluding carboxylic acids is 1. The van der Waals surface area contributed by atoms with Crippen LogP contribution in [0.1, 0.15) is 11.3 Å². The van der Waals surface area contributed by atoms with Gasteiger partial charge in [-0.05, 0) is 29.3 Å². The Morgan fingerprint density at radius 1 is 1.15 bits per heavy atom. The lowest BCUT2D eigenvalue weighted by Gasteiger charge is -2.09. The molecule has 1 heterocycles. The van der Waals surface area contributed by atoms with Crippen LogP contribution in [0.2, 0.25) is 5.02 Å². The number of methoxy groups -OCH3 is 2. The van der Waals surface area contributed by atoms with Gasteiger partial charge < -0.3 is 14.8 Å². The number of halogens is 1. The molecule has 0 atom stereocenters. The second-order valence-corrected chi connectivity index (χ2v) is 6.31. The number of ether oxygens (including phenoxy) is 2. The molecule has 7 heteroatoms. The highest BCUT2D eigenvalue weighted by atomic mass is 35.5. The smallest absolute Gasteiger partial charge is 0.230 e. The van der Waals surface area contributed by atoms with Gasteiger partial charge in [0.15, 0.2) is 5.82 Å². The summed E-state index contributed by atoms with van der Waals surface area (Å²) in [5.74, 6) is 0.998. The van der Waals surface area contributed by atoms with Crippen molar-refractivity contribution in [1.82, 2.24) is 10.2 Å². The van der Waals surface area contributed by atoms with E-state index in [1.165, 1.54) is 0 Å². The minimum atomic E-state index is -0.201. The van der Waals surface area contributed by atoms with E-state index in [-0.39, 0.29) is 12.3 Å². The number of rotatable bonds is 7. The molecule has 6 nitrogen and oxygen atoms in total. The second-order valence-electron chi connectivity index (χ2n) is 5.90. The van der Waals surface area contributed by atoms with E-state index in [0.29, 0.717) is 17.4 Å². The molecule has 0 aliphatic carbocycles. The summed E-state index contributed by atoms with van der Waals surface area (Å²) >= 11 is 6.14. The van der Waals surface area contributed by atoms with E-state index in [1.54, 1.807) is 20.3 Å². The highest BCUT2D eigenvalue weighted by Crippen LogP contribution is 2.31. The number of hydrogen-bond acceptors (Lipinski definition) is 4. The molecule has 1 amide bonds. The molecule has 1 aromatic heterocycles. The van der Waals surface area contributed by atoms with Crippen molar-refractivity contribution in [2.45, 2.75) is 13.0 Å². The summed E-state index contributed by atoms with van der Waals surface area (Å²) in [4.78, 5) is 12.5. The molecule has 0 saturated carbocycles. The molecule has 0 aliphatic heterocycles. The van der Waals surface area contributed by atoms with E-state index in [9.17, 15) is 4.79 Å². The predicted molar refractivity (Wildman–Crippen MR) is 105 cm³/mol. The van der Waals surface area contributed by atoms with Gasteiger partial charge in [-0.25, -0.2) is 0 Å². The second kappa shape index (κ2) is 8.70.